The largest absolute Gasteiger partial charge is 0.330 e. The van der Waals surface area contributed by atoms with Crippen molar-refractivity contribution in [2.45, 2.75) is 38.6 Å². The maximum absolute atomic E-state index is 13.5. The highest BCUT2D eigenvalue weighted by Gasteiger charge is 2.16. The third kappa shape index (κ3) is 2.63. The van der Waals surface area contributed by atoms with Gasteiger partial charge >= 0.3 is 0 Å². The van der Waals surface area contributed by atoms with E-state index in [1.807, 2.05) is 6.07 Å². The molecule has 1 aromatic heterocycles. The molecule has 1 N–H and O–H groups in total. The van der Waals surface area contributed by atoms with Crippen LogP contribution in [-0.2, 0) is 6.54 Å². The lowest BCUT2D eigenvalue weighted by molar-refractivity contribution is 0.321. The van der Waals surface area contributed by atoms with Crippen LogP contribution in [0, 0.1) is 16.5 Å². The Kier molecular flexibility index (Phi) is 3.76. The van der Waals surface area contributed by atoms with E-state index in [2.05, 4.69) is 25.5 Å². The molecule has 19 heavy (non-hydrogen) atoms. The molecule has 1 fully saturated rings. The molecule has 3 rings (SSSR count). The molecular weight excluding hydrogens is 327 g/mol. The van der Waals surface area contributed by atoms with Crippen LogP contribution in [-0.4, -0.2) is 9.55 Å². The summed E-state index contributed by atoms with van der Waals surface area (Å²) in [5, 5.41) is 0. The Labute approximate surface area is 125 Å². The number of fused-ring (bicyclic) bond motifs is 1. The van der Waals surface area contributed by atoms with Crippen LogP contribution in [0.3, 0.4) is 0 Å². The molecule has 0 radical (unpaired) electrons. The van der Waals surface area contributed by atoms with E-state index in [-0.39, 0.29) is 5.82 Å². The number of halogens is 2. The van der Waals surface area contributed by atoms with Gasteiger partial charge in [0.1, 0.15) is 5.82 Å². The van der Waals surface area contributed by atoms with Gasteiger partial charge in [0.15, 0.2) is 4.77 Å². The predicted molar refractivity (Wildman–Crippen MR) is 81.4 cm³/mol. The minimum absolute atomic E-state index is 0.256. The summed E-state index contributed by atoms with van der Waals surface area (Å²) in [6.07, 6.45) is 6.54. The first kappa shape index (κ1) is 13.3. The highest BCUT2D eigenvalue weighted by atomic mass is 79.9. The van der Waals surface area contributed by atoms with Crippen molar-refractivity contribution in [1.29, 1.82) is 0 Å². The van der Waals surface area contributed by atoms with Crippen molar-refractivity contribution in [3.63, 3.8) is 0 Å². The summed E-state index contributed by atoms with van der Waals surface area (Å²) >= 11 is 8.63. The number of imidazole rings is 1. The van der Waals surface area contributed by atoms with Gasteiger partial charge in [-0.1, -0.05) is 19.3 Å². The molecule has 0 bridgehead atoms. The number of rotatable bonds is 2. The van der Waals surface area contributed by atoms with Gasteiger partial charge in [-0.2, -0.15) is 0 Å². The smallest absolute Gasteiger partial charge is 0.178 e. The van der Waals surface area contributed by atoms with Gasteiger partial charge in [0.25, 0.3) is 0 Å². The van der Waals surface area contributed by atoms with Crippen LogP contribution in [0.2, 0.25) is 0 Å². The number of benzene rings is 1. The van der Waals surface area contributed by atoms with E-state index in [1.54, 1.807) is 0 Å². The van der Waals surface area contributed by atoms with Crippen LogP contribution in [0.4, 0.5) is 4.39 Å². The second kappa shape index (κ2) is 5.37. The van der Waals surface area contributed by atoms with Crippen LogP contribution in [0.5, 0.6) is 0 Å². The van der Waals surface area contributed by atoms with Crippen molar-refractivity contribution in [3.8, 4) is 0 Å². The predicted octanol–water partition coefficient (Wildman–Crippen LogP) is 5.18. The average Bonchev–Trinajstić information content (AvgIpc) is 2.68. The second-order valence-corrected chi connectivity index (χ2v) is 6.57. The fraction of sp³-hybridized carbons (Fsp3) is 0.500. The second-order valence-electron chi connectivity index (χ2n) is 5.33. The maximum atomic E-state index is 13.5. The monoisotopic (exact) mass is 342 g/mol. The third-order valence-corrected chi connectivity index (χ3v) is 4.91. The molecule has 0 spiro atoms. The van der Waals surface area contributed by atoms with Crippen molar-refractivity contribution < 1.29 is 4.39 Å². The zero-order chi connectivity index (χ0) is 13.4. The van der Waals surface area contributed by atoms with Gasteiger partial charge in [0.05, 0.1) is 15.5 Å². The zero-order valence-corrected chi connectivity index (χ0v) is 13.0. The molecule has 1 saturated carbocycles. The average molecular weight is 343 g/mol. The van der Waals surface area contributed by atoms with E-state index >= 15 is 0 Å². The van der Waals surface area contributed by atoms with Crippen molar-refractivity contribution >= 4 is 39.2 Å². The minimum Gasteiger partial charge on any atom is -0.330 e. The molecule has 0 unspecified atom stereocenters. The Bertz CT molecular complexity index is 655. The molecule has 1 aliphatic rings. The molecule has 5 heteroatoms. The summed E-state index contributed by atoms with van der Waals surface area (Å²) < 4.78 is 16.8. The maximum Gasteiger partial charge on any atom is 0.178 e. The van der Waals surface area contributed by atoms with Gasteiger partial charge in [0, 0.05) is 12.6 Å². The Morgan fingerprint density at radius 1 is 1.32 bits per heavy atom. The number of nitrogens with zero attached hydrogens (tertiary/aromatic N) is 1. The quantitative estimate of drug-likeness (QED) is 0.745. The van der Waals surface area contributed by atoms with E-state index in [1.165, 1.54) is 38.2 Å². The van der Waals surface area contributed by atoms with Crippen LogP contribution in [0.15, 0.2) is 16.6 Å². The van der Waals surface area contributed by atoms with Crippen LogP contribution in [0.25, 0.3) is 11.0 Å². The molecule has 1 aromatic carbocycles. The molecule has 0 atom stereocenters. The van der Waals surface area contributed by atoms with E-state index in [0.29, 0.717) is 15.2 Å². The van der Waals surface area contributed by atoms with Crippen molar-refractivity contribution in [2.75, 3.05) is 0 Å². The lowest BCUT2D eigenvalue weighted by Crippen LogP contribution is -2.14. The first-order valence-corrected chi connectivity index (χ1v) is 7.93. The number of hydrogen-bond acceptors (Lipinski definition) is 1. The van der Waals surface area contributed by atoms with E-state index in [9.17, 15) is 4.39 Å². The molecule has 2 nitrogen and oxygen atoms in total. The van der Waals surface area contributed by atoms with Crippen molar-refractivity contribution in [2.24, 2.45) is 5.92 Å². The summed E-state index contributed by atoms with van der Waals surface area (Å²) in [5.41, 5.74) is 1.77. The lowest BCUT2D eigenvalue weighted by Gasteiger charge is -2.22. The molecule has 0 aliphatic heterocycles. The molecule has 102 valence electrons. The molecule has 1 aliphatic carbocycles. The highest BCUT2D eigenvalue weighted by Crippen LogP contribution is 2.28. The van der Waals surface area contributed by atoms with Crippen LogP contribution >= 0.6 is 28.1 Å². The zero-order valence-electron chi connectivity index (χ0n) is 10.6. The Morgan fingerprint density at radius 2 is 2.05 bits per heavy atom. The number of H-pyrrole nitrogens is 1. The minimum atomic E-state index is -0.256. The van der Waals surface area contributed by atoms with Gasteiger partial charge < -0.3 is 9.55 Å². The van der Waals surface area contributed by atoms with Gasteiger partial charge in [-0.15, -0.1) is 0 Å². The van der Waals surface area contributed by atoms with Gasteiger partial charge in [0.2, 0.25) is 0 Å². The fourth-order valence-corrected chi connectivity index (χ4v) is 3.58. The summed E-state index contributed by atoms with van der Waals surface area (Å²) in [6.45, 7) is 0.941. The van der Waals surface area contributed by atoms with E-state index in [0.717, 1.165) is 17.6 Å². The fourth-order valence-electron chi connectivity index (χ4n) is 2.96. The number of aromatic amines is 1. The summed E-state index contributed by atoms with van der Waals surface area (Å²) in [7, 11) is 0. The summed E-state index contributed by atoms with van der Waals surface area (Å²) in [5.74, 6) is 0.442. The number of aromatic nitrogens is 2. The van der Waals surface area contributed by atoms with Gasteiger partial charge in [-0.3, -0.25) is 0 Å². The Hall–Kier alpha value is -0.680. The van der Waals surface area contributed by atoms with Crippen LogP contribution in [0.1, 0.15) is 32.1 Å². The normalized spacial score (nSPS) is 17.2. The first-order chi connectivity index (χ1) is 9.15. The third-order valence-electron chi connectivity index (χ3n) is 3.98. The summed E-state index contributed by atoms with van der Waals surface area (Å²) in [4.78, 5) is 3.10. The lowest BCUT2D eigenvalue weighted by atomic mass is 9.89. The van der Waals surface area contributed by atoms with E-state index < -0.39 is 0 Å². The standard InChI is InChI=1S/C14H16BrFN2S/c15-10-6-13-12(7-11(10)16)17-14(19)18(13)8-9-4-2-1-3-5-9/h6-7,9H,1-5,8H2,(H,17,19). The molecule has 0 amide bonds. The molecule has 0 saturated heterocycles. The first-order valence-electron chi connectivity index (χ1n) is 6.72. The summed E-state index contributed by atoms with van der Waals surface area (Å²) in [6, 6.07) is 3.33. The molecule has 1 heterocycles. The number of hydrogen-bond donors (Lipinski definition) is 1. The SMILES string of the molecule is Fc1cc2[nH]c(=S)n(CC3CCCCC3)c2cc1Br. The Balaban J connectivity index is 2.00. The van der Waals surface area contributed by atoms with Crippen molar-refractivity contribution in [3.05, 3.63) is 27.2 Å². The van der Waals surface area contributed by atoms with Crippen molar-refractivity contribution in [1.82, 2.24) is 9.55 Å². The Morgan fingerprint density at radius 3 is 2.79 bits per heavy atom. The molecule has 2 aromatic rings. The molecular formula is C14H16BrFN2S. The van der Waals surface area contributed by atoms with Crippen LogP contribution < -0.4 is 0 Å². The van der Waals surface area contributed by atoms with E-state index in [4.69, 9.17) is 12.2 Å². The topological polar surface area (TPSA) is 20.7 Å². The number of nitrogens with one attached hydrogen (secondary N) is 1. The van der Waals surface area contributed by atoms with Gasteiger partial charge in [-0.25, -0.2) is 4.39 Å². The highest BCUT2D eigenvalue weighted by molar-refractivity contribution is 9.10. The van der Waals surface area contributed by atoms with Gasteiger partial charge in [-0.05, 0) is 53.0 Å².